The van der Waals surface area contributed by atoms with E-state index in [9.17, 15) is 4.79 Å². The first-order chi connectivity index (χ1) is 16.3. The Labute approximate surface area is 204 Å². The van der Waals surface area contributed by atoms with Gasteiger partial charge in [-0.2, -0.15) is 0 Å². The number of hydrogen-bond acceptors (Lipinski definition) is 7. The number of rotatable bonds is 9. The molecule has 194 valence electrons. The van der Waals surface area contributed by atoms with Crippen molar-refractivity contribution in [1.29, 1.82) is 0 Å². The van der Waals surface area contributed by atoms with Crippen LogP contribution in [0.15, 0.2) is 11.6 Å². The van der Waals surface area contributed by atoms with Gasteiger partial charge < -0.3 is 33.5 Å². The molecule has 3 aliphatic heterocycles. The molecule has 3 heterocycles. The number of carbonyl (C=O) groups excluding carboxylic acids is 1. The summed E-state index contributed by atoms with van der Waals surface area (Å²) in [5, 5.41) is 0. The maximum Gasteiger partial charge on any atom is 0.410 e. The van der Waals surface area contributed by atoms with Crippen molar-refractivity contribution in [2.24, 2.45) is 5.92 Å². The van der Waals surface area contributed by atoms with E-state index in [1.165, 1.54) is 5.57 Å². The average Bonchev–Trinajstić information content (AvgIpc) is 3.74. The lowest BCUT2D eigenvalue weighted by molar-refractivity contribution is -0.125. The molecule has 34 heavy (non-hydrogen) atoms. The highest BCUT2D eigenvalue weighted by Gasteiger charge is 2.72. The molecule has 0 aromatic heterocycles. The minimum absolute atomic E-state index is 0.0104. The van der Waals surface area contributed by atoms with Crippen LogP contribution in [-0.4, -0.2) is 105 Å². The summed E-state index contributed by atoms with van der Waals surface area (Å²) >= 11 is 0. The molecule has 1 amide bonds. The Morgan fingerprint density at radius 2 is 2.00 bits per heavy atom. The molecule has 1 aliphatic carbocycles. The van der Waals surface area contributed by atoms with Crippen molar-refractivity contribution < 1.29 is 28.5 Å². The lowest BCUT2D eigenvalue weighted by atomic mass is 9.68. The number of methoxy groups -OCH3 is 1. The number of morpholine rings is 1. The zero-order valence-corrected chi connectivity index (χ0v) is 21.9. The number of epoxide rings is 2. The van der Waals surface area contributed by atoms with E-state index in [-0.39, 0.29) is 47.6 Å². The zero-order chi connectivity index (χ0) is 24.5. The van der Waals surface area contributed by atoms with Crippen LogP contribution >= 0.6 is 0 Å². The fraction of sp³-hybridized carbons (Fsp3) is 0.885. The number of hydrogen-bond donors (Lipinski definition) is 0. The van der Waals surface area contributed by atoms with Crippen molar-refractivity contribution >= 4 is 6.09 Å². The minimum atomic E-state index is -0.331. The fourth-order valence-electron chi connectivity index (χ4n) is 6.04. The molecule has 0 N–H and O–H groups in total. The Bertz CT molecular complexity index is 748. The number of likely N-dealkylation sites (N-methyl/N-ethyl adjacent to an activating group) is 1. The first-order valence-electron chi connectivity index (χ1n) is 13.0. The maximum absolute atomic E-state index is 13.2. The van der Waals surface area contributed by atoms with E-state index < -0.39 is 0 Å². The van der Waals surface area contributed by atoms with Gasteiger partial charge in [0.15, 0.2) is 0 Å². The highest BCUT2D eigenvalue weighted by Crippen LogP contribution is 2.59. The Kier molecular flexibility index (Phi) is 7.94. The lowest BCUT2D eigenvalue weighted by Gasteiger charge is -2.43. The molecule has 4 fully saturated rings. The van der Waals surface area contributed by atoms with Crippen LogP contribution in [0.1, 0.15) is 53.9 Å². The van der Waals surface area contributed by atoms with Crippen molar-refractivity contribution in [2.45, 2.75) is 89.5 Å². The SMILES string of the molecule is CCN(CC)CC1CN(C(=O)OC2CCC3(CO3)C([C@@]3(C)O[C@@H]3CC=C(C)C)C2OC)CCO1. The minimum Gasteiger partial charge on any atom is -0.443 e. The van der Waals surface area contributed by atoms with E-state index in [1.54, 1.807) is 12.0 Å². The van der Waals surface area contributed by atoms with Gasteiger partial charge in [-0.15, -0.1) is 0 Å². The molecule has 0 radical (unpaired) electrons. The van der Waals surface area contributed by atoms with Gasteiger partial charge in [0.2, 0.25) is 0 Å². The van der Waals surface area contributed by atoms with Crippen LogP contribution in [-0.2, 0) is 23.7 Å². The maximum atomic E-state index is 13.2. The van der Waals surface area contributed by atoms with E-state index in [1.807, 2.05) is 0 Å². The summed E-state index contributed by atoms with van der Waals surface area (Å²) in [5.74, 6) is 0.0345. The molecule has 7 atom stereocenters. The van der Waals surface area contributed by atoms with Crippen LogP contribution in [0.5, 0.6) is 0 Å². The third kappa shape index (κ3) is 5.31. The summed E-state index contributed by atoms with van der Waals surface area (Å²) in [7, 11) is 1.71. The van der Waals surface area contributed by atoms with Crippen LogP contribution in [0.3, 0.4) is 0 Å². The van der Waals surface area contributed by atoms with Crippen LogP contribution in [0.25, 0.3) is 0 Å². The first-order valence-corrected chi connectivity index (χ1v) is 13.0. The second-order valence-electron chi connectivity index (χ2n) is 10.7. The first kappa shape index (κ1) is 25.9. The molecule has 0 bridgehead atoms. The monoisotopic (exact) mass is 480 g/mol. The van der Waals surface area contributed by atoms with E-state index >= 15 is 0 Å². The Hall–Kier alpha value is -1.19. The van der Waals surface area contributed by atoms with Gasteiger partial charge >= 0.3 is 6.09 Å². The third-order valence-corrected chi connectivity index (χ3v) is 8.24. The van der Waals surface area contributed by atoms with Crippen molar-refractivity contribution in [2.75, 3.05) is 53.0 Å². The zero-order valence-electron chi connectivity index (χ0n) is 21.9. The second-order valence-corrected chi connectivity index (χ2v) is 10.7. The van der Waals surface area contributed by atoms with Gasteiger partial charge in [-0.05, 0) is 53.1 Å². The molecule has 1 spiro atoms. The van der Waals surface area contributed by atoms with Gasteiger partial charge in [-0.1, -0.05) is 25.5 Å². The van der Waals surface area contributed by atoms with Gasteiger partial charge in [0.05, 0.1) is 37.9 Å². The summed E-state index contributed by atoms with van der Waals surface area (Å²) in [6, 6.07) is 0. The molecule has 4 rings (SSSR count). The van der Waals surface area contributed by atoms with Crippen molar-refractivity contribution in [3.63, 3.8) is 0 Å². The van der Waals surface area contributed by atoms with E-state index in [2.05, 4.69) is 45.6 Å². The Morgan fingerprint density at radius 1 is 1.26 bits per heavy atom. The normalized spacial score (nSPS) is 39.3. The van der Waals surface area contributed by atoms with Gasteiger partial charge in [-0.25, -0.2) is 4.79 Å². The predicted octanol–water partition coefficient (Wildman–Crippen LogP) is 3.24. The number of allylic oxidation sites excluding steroid dienone is 1. The van der Waals surface area contributed by atoms with Crippen LogP contribution in [0.4, 0.5) is 4.79 Å². The summed E-state index contributed by atoms with van der Waals surface area (Å²) < 4.78 is 30.4. The largest absolute Gasteiger partial charge is 0.443 e. The molecule has 0 aromatic carbocycles. The van der Waals surface area contributed by atoms with Gasteiger partial charge in [-0.3, -0.25) is 0 Å². The summed E-state index contributed by atoms with van der Waals surface area (Å²) in [6.45, 7) is 15.8. The predicted molar refractivity (Wildman–Crippen MR) is 129 cm³/mol. The van der Waals surface area contributed by atoms with Crippen LogP contribution in [0.2, 0.25) is 0 Å². The van der Waals surface area contributed by atoms with Gasteiger partial charge in [0.1, 0.15) is 23.4 Å². The summed E-state index contributed by atoms with van der Waals surface area (Å²) in [5.41, 5.74) is 0.743. The standard InChI is InChI=1S/C26H44N2O6/c1-7-27(8-2)15-19-16-28(13-14-31-19)24(29)33-20-11-12-26(17-32-26)23(22(20)30-6)25(5)21(34-25)10-9-18(3)4/h9,19-23H,7-8,10-17H2,1-6H3/t19?,20?,21-,22?,23?,25+,26?/m1/s1. The summed E-state index contributed by atoms with van der Waals surface area (Å²) in [4.78, 5) is 17.3. The molecule has 0 aromatic rings. The highest BCUT2D eigenvalue weighted by atomic mass is 16.6. The Balaban J connectivity index is 1.40. The molecule has 8 heteroatoms. The second kappa shape index (κ2) is 10.4. The third-order valence-electron chi connectivity index (χ3n) is 8.24. The van der Waals surface area contributed by atoms with Crippen molar-refractivity contribution in [3.8, 4) is 0 Å². The Morgan fingerprint density at radius 3 is 2.62 bits per heavy atom. The fourth-order valence-corrected chi connectivity index (χ4v) is 6.04. The molecule has 4 aliphatic rings. The molecule has 8 nitrogen and oxygen atoms in total. The van der Waals surface area contributed by atoms with Gasteiger partial charge in [0, 0.05) is 20.2 Å². The highest BCUT2D eigenvalue weighted by molar-refractivity contribution is 5.68. The van der Waals surface area contributed by atoms with E-state index in [4.69, 9.17) is 23.7 Å². The molecule has 1 saturated carbocycles. The van der Waals surface area contributed by atoms with Crippen molar-refractivity contribution in [1.82, 2.24) is 9.80 Å². The van der Waals surface area contributed by atoms with Crippen LogP contribution < -0.4 is 0 Å². The quantitative estimate of drug-likeness (QED) is 0.370. The molecule has 3 saturated heterocycles. The average molecular weight is 481 g/mol. The lowest BCUT2D eigenvalue weighted by Crippen LogP contribution is -2.57. The van der Waals surface area contributed by atoms with E-state index in [0.717, 1.165) is 45.5 Å². The summed E-state index contributed by atoms with van der Waals surface area (Å²) in [6.07, 6.45) is 4.02. The van der Waals surface area contributed by atoms with Gasteiger partial charge in [0.25, 0.3) is 0 Å². The number of ether oxygens (including phenoxy) is 5. The number of carbonyl (C=O) groups is 1. The van der Waals surface area contributed by atoms with Crippen LogP contribution in [0, 0.1) is 5.92 Å². The molecule has 5 unspecified atom stereocenters. The topological polar surface area (TPSA) is 76.3 Å². The molecular formula is C26H44N2O6. The van der Waals surface area contributed by atoms with E-state index in [0.29, 0.717) is 19.7 Å². The van der Waals surface area contributed by atoms with Crippen molar-refractivity contribution in [3.05, 3.63) is 11.6 Å². The number of nitrogens with zero attached hydrogens (tertiary/aromatic N) is 2. The number of amides is 1. The molecular weight excluding hydrogens is 436 g/mol. The smallest absolute Gasteiger partial charge is 0.410 e.